The molecule has 5 heteroatoms. The maximum Gasteiger partial charge on any atom is 0.0727 e. The van der Waals surface area contributed by atoms with Gasteiger partial charge in [-0.25, -0.2) is 0 Å². The summed E-state index contributed by atoms with van der Waals surface area (Å²) in [5, 5.41) is 4.64. The number of pyridine rings is 1. The van der Waals surface area contributed by atoms with E-state index < -0.39 is 10.8 Å². The molecule has 2 rings (SSSR count). The summed E-state index contributed by atoms with van der Waals surface area (Å²) < 4.78 is 11.4. The number of anilines is 2. The van der Waals surface area contributed by atoms with Crippen LogP contribution >= 0.6 is 0 Å². The van der Waals surface area contributed by atoms with E-state index in [0.717, 1.165) is 40.9 Å². The second-order valence-electron chi connectivity index (χ2n) is 5.11. The standard InChI is InChI=1S/C15H21N3OS/c1-10-8-15(17-7-6-11(2)20(3)19)13-9-12(16)4-5-14(13)18-10/h4-5,8-9,11H,6-7,16H2,1-3H3,(H,17,18). The van der Waals surface area contributed by atoms with Crippen molar-refractivity contribution in [3.05, 3.63) is 30.0 Å². The summed E-state index contributed by atoms with van der Waals surface area (Å²) in [6.07, 6.45) is 2.62. The Kier molecular flexibility index (Phi) is 4.60. The zero-order valence-corrected chi connectivity index (χ0v) is 13.0. The summed E-state index contributed by atoms with van der Waals surface area (Å²) in [6.45, 7) is 4.77. The Morgan fingerprint density at radius 2 is 2.15 bits per heavy atom. The quantitative estimate of drug-likeness (QED) is 0.831. The molecule has 0 bridgehead atoms. The summed E-state index contributed by atoms with van der Waals surface area (Å²) >= 11 is 0. The van der Waals surface area contributed by atoms with Crippen LogP contribution in [-0.2, 0) is 10.8 Å². The van der Waals surface area contributed by atoms with Gasteiger partial charge in [0, 0.05) is 51.3 Å². The Morgan fingerprint density at radius 3 is 2.85 bits per heavy atom. The molecule has 3 N–H and O–H groups in total. The number of nitrogens with one attached hydrogen (secondary N) is 1. The summed E-state index contributed by atoms with van der Waals surface area (Å²) in [5.41, 5.74) is 9.53. The molecule has 2 atom stereocenters. The van der Waals surface area contributed by atoms with Gasteiger partial charge in [-0.05, 0) is 37.6 Å². The van der Waals surface area contributed by atoms with Crippen molar-refractivity contribution in [3.63, 3.8) is 0 Å². The number of nitrogens with zero attached hydrogens (tertiary/aromatic N) is 1. The lowest BCUT2D eigenvalue weighted by Crippen LogP contribution is -2.15. The van der Waals surface area contributed by atoms with Gasteiger partial charge in [0.1, 0.15) is 0 Å². The molecule has 0 aliphatic carbocycles. The van der Waals surface area contributed by atoms with Crippen LogP contribution in [0, 0.1) is 6.92 Å². The first-order valence-corrected chi connectivity index (χ1v) is 8.32. The second-order valence-corrected chi connectivity index (χ2v) is 6.91. The third-order valence-corrected chi connectivity index (χ3v) is 4.76. The molecule has 20 heavy (non-hydrogen) atoms. The molecule has 0 aliphatic rings. The van der Waals surface area contributed by atoms with Crippen LogP contribution in [0.4, 0.5) is 11.4 Å². The zero-order valence-electron chi connectivity index (χ0n) is 12.1. The highest BCUT2D eigenvalue weighted by Crippen LogP contribution is 2.25. The summed E-state index contributed by atoms with van der Waals surface area (Å²) in [6, 6.07) is 7.76. The van der Waals surface area contributed by atoms with Crippen LogP contribution in [0.5, 0.6) is 0 Å². The number of nitrogen functional groups attached to an aromatic ring is 1. The number of fused-ring (bicyclic) bond motifs is 1. The van der Waals surface area contributed by atoms with E-state index in [1.165, 1.54) is 0 Å². The van der Waals surface area contributed by atoms with E-state index in [4.69, 9.17) is 5.73 Å². The Labute approximate surface area is 122 Å². The number of nitrogens with two attached hydrogens (primary N) is 1. The molecule has 0 saturated heterocycles. The number of benzene rings is 1. The molecular weight excluding hydrogens is 270 g/mol. The Morgan fingerprint density at radius 1 is 1.40 bits per heavy atom. The van der Waals surface area contributed by atoms with Crippen LogP contribution in [0.1, 0.15) is 19.0 Å². The highest BCUT2D eigenvalue weighted by Gasteiger charge is 2.07. The van der Waals surface area contributed by atoms with Crippen LogP contribution in [0.25, 0.3) is 10.9 Å². The second kappa shape index (κ2) is 6.22. The smallest absolute Gasteiger partial charge is 0.0727 e. The average Bonchev–Trinajstić information content (AvgIpc) is 2.39. The van der Waals surface area contributed by atoms with Crippen molar-refractivity contribution in [1.29, 1.82) is 0 Å². The molecule has 0 spiro atoms. The maximum atomic E-state index is 11.4. The average molecular weight is 291 g/mol. The van der Waals surface area contributed by atoms with Crippen molar-refractivity contribution in [2.45, 2.75) is 25.5 Å². The number of hydrogen-bond donors (Lipinski definition) is 2. The molecule has 0 amide bonds. The fourth-order valence-corrected chi connectivity index (χ4v) is 2.55. The minimum Gasteiger partial charge on any atom is -0.399 e. The normalized spacial score (nSPS) is 14.2. The molecule has 1 aromatic heterocycles. The fourth-order valence-electron chi connectivity index (χ4n) is 2.10. The first kappa shape index (κ1) is 14.8. The molecule has 108 valence electrons. The lowest BCUT2D eigenvalue weighted by molar-refractivity contribution is 0.672. The van der Waals surface area contributed by atoms with Gasteiger partial charge in [0.25, 0.3) is 0 Å². The van der Waals surface area contributed by atoms with Crippen molar-refractivity contribution >= 4 is 33.1 Å². The van der Waals surface area contributed by atoms with Gasteiger partial charge in [-0.2, -0.15) is 0 Å². The first-order chi connectivity index (χ1) is 9.47. The van der Waals surface area contributed by atoms with Crippen molar-refractivity contribution in [2.75, 3.05) is 23.9 Å². The van der Waals surface area contributed by atoms with Crippen LogP contribution in [0.15, 0.2) is 24.3 Å². The third kappa shape index (κ3) is 3.48. The minimum absolute atomic E-state index is 0.196. The van der Waals surface area contributed by atoms with Crippen LogP contribution < -0.4 is 11.1 Å². The van der Waals surface area contributed by atoms with E-state index >= 15 is 0 Å². The van der Waals surface area contributed by atoms with Gasteiger partial charge in [0.2, 0.25) is 0 Å². The monoisotopic (exact) mass is 291 g/mol. The number of rotatable bonds is 5. The molecule has 0 aliphatic heterocycles. The van der Waals surface area contributed by atoms with Gasteiger partial charge < -0.3 is 11.1 Å². The number of hydrogen-bond acceptors (Lipinski definition) is 4. The van der Waals surface area contributed by atoms with E-state index in [0.29, 0.717) is 0 Å². The van der Waals surface area contributed by atoms with E-state index in [1.54, 1.807) is 6.26 Å². The van der Waals surface area contributed by atoms with Crippen molar-refractivity contribution in [3.8, 4) is 0 Å². The first-order valence-electron chi connectivity index (χ1n) is 6.70. The van der Waals surface area contributed by atoms with E-state index in [9.17, 15) is 4.21 Å². The summed E-state index contributed by atoms with van der Waals surface area (Å²) in [7, 11) is -0.776. The highest BCUT2D eigenvalue weighted by atomic mass is 32.2. The van der Waals surface area contributed by atoms with Gasteiger partial charge in [-0.15, -0.1) is 0 Å². The zero-order chi connectivity index (χ0) is 14.7. The molecule has 1 heterocycles. The largest absolute Gasteiger partial charge is 0.399 e. The van der Waals surface area contributed by atoms with Crippen molar-refractivity contribution < 1.29 is 4.21 Å². The van der Waals surface area contributed by atoms with E-state index in [1.807, 2.05) is 38.1 Å². The topological polar surface area (TPSA) is 68.0 Å². The van der Waals surface area contributed by atoms with Crippen molar-refractivity contribution in [2.24, 2.45) is 0 Å². The summed E-state index contributed by atoms with van der Waals surface area (Å²) in [4.78, 5) is 4.50. The van der Waals surface area contributed by atoms with Crippen LogP contribution in [0.2, 0.25) is 0 Å². The minimum atomic E-state index is -0.776. The molecule has 2 unspecified atom stereocenters. The van der Waals surface area contributed by atoms with Gasteiger partial charge in [-0.3, -0.25) is 9.19 Å². The van der Waals surface area contributed by atoms with Gasteiger partial charge in [0.15, 0.2) is 0 Å². The molecule has 0 saturated carbocycles. The summed E-state index contributed by atoms with van der Waals surface area (Å²) in [5.74, 6) is 0. The van der Waals surface area contributed by atoms with Crippen LogP contribution in [-0.4, -0.2) is 27.2 Å². The number of aromatic nitrogens is 1. The molecular formula is C15H21N3OS. The lowest BCUT2D eigenvalue weighted by Gasteiger charge is -2.13. The third-order valence-electron chi connectivity index (χ3n) is 3.39. The Hall–Kier alpha value is -1.62. The highest BCUT2D eigenvalue weighted by molar-refractivity contribution is 7.84. The van der Waals surface area contributed by atoms with Gasteiger partial charge >= 0.3 is 0 Å². The lowest BCUT2D eigenvalue weighted by atomic mass is 10.1. The molecule has 0 fully saturated rings. The van der Waals surface area contributed by atoms with Gasteiger partial charge in [-0.1, -0.05) is 6.92 Å². The van der Waals surface area contributed by atoms with Gasteiger partial charge in [0.05, 0.1) is 5.52 Å². The fraction of sp³-hybridized carbons (Fsp3) is 0.400. The molecule has 4 nitrogen and oxygen atoms in total. The Balaban J connectivity index is 2.20. The molecule has 2 aromatic rings. The molecule has 1 aromatic carbocycles. The van der Waals surface area contributed by atoms with Crippen LogP contribution in [0.3, 0.4) is 0 Å². The maximum absolute atomic E-state index is 11.4. The molecule has 0 radical (unpaired) electrons. The van der Waals surface area contributed by atoms with E-state index in [2.05, 4.69) is 10.3 Å². The number of aryl methyl sites for hydroxylation is 1. The SMILES string of the molecule is Cc1cc(NCCC(C)S(C)=O)c2cc(N)ccc2n1. The van der Waals surface area contributed by atoms with Crippen molar-refractivity contribution in [1.82, 2.24) is 4.98 Å². The van der Waals surface area contributed by atoms with E-state index in [-0.39, 0.29) is 5.25 Å². The predicted molar refractivity (Wildman–Crippen MR) is 87.5 cm³/mol. The predicted octanol–water partition coefficient (Wildman–Crippen LogP) is 2.69. The Bertz CT molecular complexity index is 642.